The Morgan fingerprint density at radius 3 is 2.71 bits per heavy atom. The zero-order valence-electron chi connectivity index (χ0n) is 10.3. The average Bonchev–Trinajstić information content (AvgIpc) is 2.28. The number of carboxylic acids is 1. The number of aliphatic carboxylic acids is 1. The number of rotatable bonds is 4. The van der Waals surface area contributed by atoms with E-state index in [1.165, 1.54) is 0 Å². The summed E-state index contributed by atoms with van der Waals surface area (Å²) in [5, 5.41) is 18.2. The van der Waals surface area contributed by atoms with E-state index < -0.39 is 12.0 Å². The van der Waals surface area contributed by atoms with Crippen LogP contribution in [0.4, 0.5) is 5.69 Å². The van der Waals surface area contributed by atoms with Crippen molar-refractivity contribution in [2.24, 2.45) is 0 Å². The fourth-order valence-electron chi connectivity index (χ4n) is 1.83. The summed E-state index contributed by atoms with van der Waals surface area (Å²) in [5.74, 6) is -0.875. The molecule has 0 radical (unpaired) electrons. The van der Waals surface area contributed by atoms with E-state index in [-0.39, 0.29) is 0 Å². The molecule has 1 unspecified atom stereocenters. The number of nitrogens with zero attached hydrogens (tertiary/aromatic N) is 2. The SMILES string of the molecule is CCC(C(=O)O)N(C)c1ccc(C)cc1C#N. The van der Waals surface area contributed by atoms with Gasteiger partial charge in [0.1, 0.15) is 12.1 Å². The van der Waals surface area contributed by atoms with Gasteiger partial charge >= 0.3 is 5.97 Å². The van der Waals surface area contributed by atoms with Crippen LogP contribution in [0.5, 0.6) is 0 Å². The maximum Gasteiger partial charge on any atom is 0.326 e. The fourth-order valence-corrected chi connectivity index (χ4v) is 1.83. The number of anilines is 1. The second-order valence-corrected chi connectivity index (χ2v) is 4.01. The molecule has 0 saturated carbocycles. The van der Waals surface area contributed by atoms with Crippen molar-refractivity contribution in [3.63, 3.8) is 0 Å². The van der Waals surface area contributed by atoms with Gasteiger partial charge in [-0.05, 0) is 31.0 Å². The quantitative estimate of drug-likeness (QED) is 0.864. The van der Waals surface area contributed by atoms with Gasteiger partial charge in [-0.1, -0.05) is 13.0 Å². The first-order valence-electron chi connectivity index (χ1n) is 5.47. The van der Waals surface area contributed by atoms with Crippen LogP contribution in [0.1, 0.15) is 24.5 Å². The molecule has 0 spiro atoms. The molecule has 1 aromatic rings. The van der Waals surface area contributed by atoms with Crippen molar-refractivity contribution < 1.29 is 9.90 Å². The van der Waals surface area contributed by atoms with Crippen molar-refractivity contribution >= 4 is 11.7 Å². The molecule has 0 heterocycles. The Morgan fingerprint density at radius 2 is 2.24 bits per heavy atom. The first-order chi connectivity index (χ1) is 8.01. The summed E-state index contributed by atoms with van der Waals surface area (Å²) in [5.41, 5.74) is 2.15. The van der Waals surface area contributed by atoms with Gasteiger partial charge in [-0.25, -0.2) is 4.79 Å². The predicted octanol–water partition coefficient (Wildman–Crippen LogP) is 2.17. The van der Waals surface area contributed by atoms with Crippen molar-refractivity contribution in [1.29, 1.82) is 5.26 Å². The Kier molecular flexibility index (Phi) is 4.11. The molecule has 4 heteroatoms. The van der Waals surface area contributed by atoms with E-state index in [0.29, 0.717) is 17.7 Å². The Morgan fingerprint density at radius 1 is 1.59 bits per heavy atom. The molecule has 0 aliphatic heterocycles. The number of hydrogen-bond donors (Lipinski definition) is 1. The van der Waals surface area contributed by atoms with Crippen LogP contribution in [-0.2, 0) is 4.79 Å². The minimum atomic E-state index is -0.875. The summed E-state index contributed by atoms with van der Waals surface area (Å²) >= 11 is 0. The average molecular weight is 232 g/mol. The third-order valence-electron chi connectivity index (χ3n) is 2.79. The molecule has 1 rings (SSSR count). The third kappa shape index (κ3) is 2.76. The first kappa shape index (κ1) is 13.0. The highest BCUT2D eigenvalue weighted by Gasteiger charge is 2.22. The van der Waals surface area contributed by atoms with E-state index in [4.69, 9.17) is 10.4 Å². The van der Waals surface area contributed by atoms with E-state index in [1.54, 1.807) is 24.1 Å². The molecule has 0 saturated heterocycles. The Balaban J connectivity index is 3.16. The number of aryl methyl sites for hydroxylation is 1. The van der Waals surface area contributed by atoms with Gasteiger partial charge in [0.25, 0.3) is 0 Å². The standard InChI is InChI=1S/C13H16N2O2/c1-4-11(13(16)17)15(3)12-6-5-9(2)7-10(12)8-14/h5-7,11H,4H2,1-3H3,(H,16,17). The van der Waals surface area contributed by atoms with E-state index >= 15 is 0 Å². The molecular weight excluding hydrogens is 216 g/mol. The van der Waals surface area contributed by atoms with E-state index in [9.17, 15) is 4.79 Å². The molecule has 0 aliphatic carbocycles. The lowest BCUT2D eigenvalue weighted by molar-refractivity contribution is -0.138. The number of hydrogen-bond acceptors (Lipinski definition) is 3. The van der Waals surface area contributed by atoms with E-state index in [0.717, 1.165) is 5.56 Å². The van der Waals surface area contributed by atoms with Crippen LogP contribution >= 0.6 is 0 Å². The summed E-state index contributed by atoms with van der Waals surface area (Å²) < 4.78 is 0. The lowest BCUT2D eigenvalue weighted by Crippen LogP contribution is -2.38. The Labute approximate surface area is 101 Å². The van der Waals surface area contributed by atoms with Gasteiger partial charge in [-0.2, -0.15) is 5.26 Å². The topological polar surface area (TPSA) is 64.3 Å². The van der Waals surface area contributed by atoms with Gasteiger partial charge in [0.2, 0.25) is 0 Å². The third-order valence-corrected chi connectivity index (χ3v) is 2.79. The van der Waals surface area contributed by atoms with E-state index in [2.05, 4.69) is 6.07 Å². The summed E-state index contributed by atoms with van der Waals surface area (Å²) in [6.07, 6.45) is 0.491. The van der Waals surface area contributed by atoms with Crippen LogP contribution in [0.25, 0.3) is 0 Å². The molecule has 0 aromatic heterocycles. The van der Waals surface area contributed by atoms with Gasteiger partial charge in [0.15, 0.2) is 0 Å². The zero-order chi connectivity index (χ0) is 13.0. The molecule has 0 fully saturated rings. The maximum absolute atomic E-state index is 11.1. The van der Waals surface area contributed by atoms with Crippen LogP contribution in [-0.4, -0.2) is 24.2 Å². The largest absolute Gasteiger partial charge is 0.480 e. The second-order valence-electron chi connectivity index (χ2n) is 4.01. The van der Waals surface area contributed by atoms with Crippen LogP contribution in [0.2, 0.25) is 0 Å². The molecule has 1 N–H and O–H groups in total. The van der Waals surface area contributed by atoms with Crippen LogP contribution in [0, 0.1) is 18.3 Å². The lowest BCUT2D eigenvalue weighted by Gasteiger charge is -2.26. The molecule has 90 valence electrons. The van der Waals surface area contributed by atoms with Gasteiger partial charge < -0.3 is 10.0 Å². The molecule has 0 bridgehead atoms. The highest BCUT2D eigenvalue weighted by molar-refractivity contribution is 5.79. The van der Waals surface area contributed by atoms with Gasteiger partial charge in [0.05, 0.1) is 11.3 Å². The summed E-state index contributed by atoms with van der Waals surface area (Å²) in [6, 6.07) is 6.93. The molecule has 1 aromatic carbocycles. The highest BCUT2D eigenvalue weighted by Crippen LogP contribution is 2.23. The maximum atomic E-state index is 11.1. The summed E-state index contributed by atoms with van der Waals surface area (Å²) in [4.78, 5) is 12.7. The van der Waals surface area contributed by atoms with Crippen molar-refractivity contribution in [2.75, 3.05) is 11.9 Å². The molecule has 1 atom stereocenters. The predicted molar refractivity (Wildman–Crippen MR) is 66.0 cm³/mol. The van der Waals surface area contributed by atoms with Crippen molar-refractivity contribution in [1.82, 2.24) is 0 Å². The van der Waals surface area contributed by atoms with Gasteiger partial charge in [0, 0.05) is 7.05 Å². The van der Waals surface area contributed by atoms with Crippen LogP contribution in [0.15, 0.2) is 18.2 Å². The normalized spacial score (nSPS) is 11.6. The molecule has 4 nitrogen and oxygen atoms in total. The molecule has 17 heavy (non-hydrogen) atoms. The van der Waals surface area contributed by atoms with Crippen molar-refractivity contribution in [3.8, 4) is 6.07 Å². The first-order valence-corrected chi connectivity index (χ1v) is 5.47. The smallest absolute Gasteiger partial charge is 0.326 e. The van der Waals surface area contributed by atoms with E-state index in [1.807, 2.05) is 19.9 Å². The van der Waals surface area contributed by atoms with Crippen LogP contribution < -0.4 is 4.90 Å². The Hall–Kier alpha value is -2.02. The van der Waals surface area contributed by atoms with Gasteiger partial charge in [-0.15, -0.1) is 0 Å². The number of benzene rings is 1. The summed E-state index contributed by atoms with van der Waals surface area (Å²) in [6.45, 7) is 3.72. The van der Waals surface area contributed by atoms with Crippen LogP contribution in [0.3, 0.4) is 0 Å². The molecule has 0 amide bonds. The monoisotopic (exact) mass is 232 g/mol. The minimum Gasteiger partial charge on any atom is -0.480 e. The number of carboxylic acid groups (broad SMARTS) is 1. The molecule has 0 aliphatic rings. The minimum absolute atomic E-state index is 0.491. The van der Waals surface area contributed by atoms with Crippen molar-refractivity contribution in [3.05, 3.63) is 29.3 Å². The Bertz CT molecular complexity index is 463. The second kappa shape index (κ2) is 5.35. The number of nitriles is 1. The summed E-state index contributed by atoms with van der Waals surface area (Å²) in [7, 11) is 1.70. The number of likely N-dealkylation sites (N-methyl/N-ethyl adjacent to an activating group) is 1. The highest BCUT2D eigenvalue weighted by atomic mass is 16.4. The molecular formula is C13H16N2O2. The van der Waals surface area contributed by atoms with Crippen molar-refractivity contribution in [2.45, 2.75) is 26.3 Å². The number of carbonyl (C=O) groups is 1. The lowest BCUT2D eigenvalue weighted by atomic mass is 10.1. The zero-order valence-corrected chi connectivity index (χ0v) is 10.3. The van der Waals surface area contributed by atoms with Gasteiger partial charge in [-0.3, -0.25) is 0 Å². The fraction of sp³-hybridized carbons (Fsp3) is 0.385.